The molecule has 2 atom stereocenters. The summed E-state index contributed by atoms with van der Waals surface area (Å²) in [5.41, 5.74) is 1.86. The summed E-state index contributed by atoms with van der Waals surface area (Å²) in [4.78, 5) is 25.1. The maximum atomic E-state index is 13.2. The normalized spacial score (nSPS) is 18.7. The van der Waals surface area contributed by atoms with Gasteiger partial charge in [0.05, 0.1) is 31.4 Å². The van der Waals surface area contributed by atoms with Crippen molar-refractivity contribution in [1.29, 1.82) is 0 Å². The fourth-order valence-corrected chi connectivity index (χ4v) is 3.67. The number of aliphatic hydroxyl groups excluding tert-OH is 1. The molecule has 3 aromatic carbocycles. The average molecular weight is 402 g/mol. The van der Waals surface area contributed by atoms with Crippen LogP contribution in [0.4, 0.5) is 0 Å². The van der Waals surface area contributed by atoms with Crippen molar-refractivity contribution in [1.82, 2.24) is 5.01 Å². The lowest BCUT2D eigenvalue weighted by molar-refractivity contribution is -0.143. The second-order valence-corrected chi connectivity index (χ2v) is 7.24. The van der Waals surface area contributed by atoms with Gasteiger partial charge in [-0.2, -0.15) is 5.10 Å². The molecule has 1 amide bonds. The molecule has 6 nitrogen and oxygen atoms in total. The standard InChI is InChI=1S/C24H22N2O4/c1-30-23(28)15-21-22(27)14-20(19-12-11-16-7-5-6-10-18(16)13-19)25-26(21)24(29)17-8-3-2-4-9-17/h2-13,21-22,27H,14-15H2,1H3/t21-,22-/m1/s1. The molecule has 0 unspecified atom stereocenters. The minimum atomic E-state index is -0.948. The molecule has 0 saturated carbocycles. The minimum Gasteiger partial charge on any atom is -0.469 e. The highest BCUT2D eigenvalue weighted by Gasteiger charge is 2.37. The molecular weight excluding hydrogens is 380 g/mol. The number of amides is 1. The molecule has 0 spiro atoms. The summed E-state index contributed by atoms with van der Waals surface area (Å²) < 4.78 is 4.76. The van der Waals surface area contributed by atoms with Crippen LogP contribution in [-0.4, -0.2) is 47.0 Å². The van der Waals surface area contributed by atoms with Crippen LogP contribution in [0.5, 0.6) is 0 Å². The van der Waals surface area contributed by atoms with Gasteiger partial charge >= 0.3 is 5.97 Å². The number of esters is 1. The molecule has 0 saturated heterocycles. The summed E-state index contributed by atoms with van der Waals surface area (Å²) >= 11 is 0. The van der Waals surface area contributed by atoms with Gasteiger partial charge in [0.25, 0.3) is 5.91 Å². The molecule has 1 aliphatic heterocycles. The van der Waals surface area contributed by atoms with E-state index < -0.39 is 18.1 Å². The van der Waals surface area contributed by atoms with Crippen LogP contribution < -0.4 is 0 Å². The lowest BCUT2D eigenvalue weighted by Crippen LogP contribution is -2.50. The van der Waals surface area contributed by atoms with E-state index >= 15 is 0 Å². The number of hydrogen-bond donors (Lipinski definition) is 1. The Kier molecular flexibility index (Phi) is 5.59. The van der Waals surface area contributed by atoms with Crippen molar-refractivity contribution in [3.05, 3.63) is 83.9 Å². The molecule has 0 bridgehead atoms. The van der Waals surface area contributed by atoms with E-state index in [0.717, 1.165) is 16.3 Å². The number of ether oxygens (including phenoxy) is 1. The highest BCUT2D eigenvalue weighted by atomic mass is 16.5. The number of fused-ring (bicyclic) bond motifs is 1. The largest absolute Gasteiger partial charge is 0.469 e. The Labute approximate surface area is 174 Å². The zero-order valence-electron chi connectivity index (χ0n) is 16.6. The molecule has 3 aromatic rings. The second kappa shape index (κ2) is 8.47. The first-order valence-electron chi connectivity index (χ1n) is 9.77. The number of carbonyl (C=O) groups is 2. The Balaban J connectivity index is 1.75. The van der Waals surface area contributed by atoms with Gasteiger partial charge in [0.2, 0.25) is 0 Å². The first kappa shape index (κ1) is 19.8. The average Bonchev–Trinajstić information content (AvgIpc) is 2.79. The molecule has 152 valence electrons. The first-order chi connectivity index (χ1) is 14.6. The van der Waals surface area contributed by atoms with Crippen LogP contribution in [0.25, 0.3) is 10.8 Å². The predicted octanol–water partition coefficient (Wildman–Crippen LogP) is 3.38. The number of benzene rings is 3. The molecule has 6 heteroatoms. The molecule has 4 rings (SSSR count). The van der Waals surface area contributed by atoms with Gasteiger partial charge in [-0.1, -0.05) is 54.6 Å². The Morgan fingerprint density at radius 1 is 1.03 bits per heavy atom. The SMILES string of the molecule is COC(=O)C[C@@H]1[C@H](O)CC(c2ccc3ccccc3c2)=NN1C(=O)c1ccccc1. The number of rotatable bonds is 4. The minimum absolute atomic E-state index is 0.134. The highest BCUT2D eigenvalue weighted by Crippen LogP contribution is 2.26. The van der Waals surface area contributed by atoms with E-state index in [1.807, 2.05) is 48.5 Å². The van der Waals surface area contributed by atoms with Crippen molar-refractivity contribution in [2.24, 2.45) is 5.10 Å². The van der Waals surface area contributed by atoms with Gasteiger partial charge in [0.1, 0.15) is 0 Å². The smallest absolute Gasteiger partial charge is 0.307 e. The van der Waals surface area contributed by atoms with Gasteiger partial charge in [-0.05, 0) is 34.5 Å². The van der Waals surface area contributed by atoms with Crippen LogP contribution in [0.3, 0.4) is 0 Å². The molecule has 0 radical (unpaired) electrons. The third-order valence-corrected chi connectivity index (χ3v) is 5.30. The van der Waals surface area contributed by atoms with Crippen LogP contribution in [0.2, 0.25) is 0 Å². The van der Waals surface area contributed by atoms with Crippen LogP contribution in [-0.2, 0) is 9.53 Å². The molecule has 1 heterocycles. The van der Waals surface area contributed by atoms with Crippen molar-refractivity contribution in [2.75, 3.05) is 7.11 Å². The summed E-state index contributed by atoms with van der Waals surface area (Å²) in [7, 11) is 1.28. The molecular formula is C24H22N2O4. The van der Waals surface area contributed by atoms with Crippen LogP contribution in [0.15, 0.2) is 77.9 Å². The molecule has 0 aromatic heterocycles. The summed E-state index contributed by atoms with van der Waals surface area (Å²) in [5, 5.41) is 18.8. The maximum absolute atomic E-state index is 13.2. The monoisotopic (exact) mass is 402 g/mol. The second-order valence-electron chi connectivity index (χ2n) is 7.24. The Morgan fingerprint density at radius 2 is 1.73 bits per heavy atom. The zero-order chi connectivity index (χ0) is 21.1. The van der Waals surface area contributed by atoms with Gasteiger partial charge in [-0.25, -0.2) is 5.01 Å². The highest BCUT2D eigenvalue weighted by molar-refractivity contribution is 6.05. The van der Waals surface area contributed by atoms with E-state index in [1.165, 1.54) is 12.1 Å². The van der Waals surface area contributed by atoms with Crippen molar-refractivity contribution >= 4 is 28.4 Å². The summed E-state index contributed by atoms with van der Waals surface area (Å²) in [6.45, 7) is 0. The number of carbonyl (C=O) groups excluding carboxylic acids is 2. The van der Waals surface area contributed by atoms with Gasteiger partial charge in [-0.15, -0.1) is 0 Å². The van der Waals surface area contributed by atoms with E-state index in [0.29, 0.717) is 11.3 Å². The van der Waals surface area contributed by atoms with Crippen LogP contribution in [0.1, 0.15) is 28.8 Å². The molecule has 0 fully saturated rings. The molecule has 0 aliphatic carbocycles. The predicted molar refractivity (Wildman–Crippen MR) is 114 cm³/mol. The van der Waals surface area contributed by atoms with Gasteiger partial charge in [0, 0.05) is 12.0 Å². The van der Waals surface area contributed by atoms with Crippen molar-refractivity contribution in [3.63, 3.8) is 0 Å². The number of hydrazone groups is 1. The van der Waals surface area contributed by atoms with Gasteiger partial charge < -0.3 is 9.84 Å². The van der Waals surface area contributed by atoms with Gasteiger partial charge in [0.15, 0.2) is 0 Å². The third kappa shape index (κ3) is 3.95. The lowest BCUT2D eigenvalue weighted by Gasteiger charge is -2.35. The summed E-state index contributed by atoms with van der Waals surface area (Å²) in [5.74, 6) is -0.879. The number of methoxy groups -OCH3 is 1. The van der Waals surface area contributed by atoms with Crippen molar-refractivity contribution in [3.8, 4) is 0 Å². The Morgan fingerprint density at radius 3 is 2.47 bits per heavy atom. The first-order valence-corrected chi connectivity index (χ1v) is 9.77. The molecule has 1 aliphatic rings. The Hall–Kier alpha value is -3.51. The Bertz CT molecular complexity index is 1110. The van der Waals surface area contributed by atoms with E-state index in [4.69, 9.17) is 4.74 Å². The number of aliphatic hydroxyl groups is 1. The van der Waals surface area contributed by atoms with Gasteiger partial charge in [-0.3, -0.25) is 9.59 Å². The topological polar surface area (TPSA) is 79.2 Å². The summed E-state index contributed by atoms with van der Waals surface area (Å²) in [6.07, 6.45) is -0.848. The van der Waals surface area contributed by atoms with Crippen LogP contribution >= 0.6 is 0 Å². The van der Waals surface area contributed by atoms with Crippen molar-refractivity contribution in [2.45, 2.75) is 25.0 Å². The van der Waals surface area contributed by atoms with Crippen molar-refractivity contribution < 1.29 is 19.4 Å². The maximum Gasteiger partial charge on any atom is 0.307 e. The number of hydrogen-bond acceptors (Lipinski definition) is 5. The van der Waals surface area contributed by atoms with Crippen LogP contribution in [0, 0.1) is 0 Å². The zero-order valence-corrected chi connectivity index (χ0v) is 16.6. The fourth-order valence-electron chi connectivity index (χ4n) is 3.67. The van der Waals surface area contributed by atoms with E-state index in [-0.39, 0.29) is 18.7 Å². The third-order valence-electron chi connectivity index (χ3n) is 5.30. The summed E-state index contributed by atoms with van der Waals surface area (Å²) in [6, 6.07) is 21.8. The molecule has 1 N–H and O–H groups in total. The van der Waals surface area contributed by atoms with E-state index in [9.17, 15) is 14.7 Å². The molecule has 30 heavy (non-hydrogen) atoms. The lowest BCUT2D eigenvalue weighted by atomic mass is 9.94. The fraction of sp³-hybridized carbons (Fsp3) is 0.208. The number of nitrogens with zero attached hydrogens (tertiary/aromatic N) is 2. The quantitative estimate of drug-likeness (QED) is 0.679. The van der Waals surface area contributed by atoms with E-state index in [2.05, 4.69) is 5.10 Å². The van der Waals surface area contributed by atoms with E-state index in [1.54, 1.807) is 24.3 Å².